The number of aromatic nitrogens is 3. The van der Waals surface area contributed by atoms with Gasteiger partial charge in [0, 0.05) is 32.4 Å². The van der Waals surface area contributed by atoms with Crippen LogP contribution in [-0.4, -0.2) is 27.9 Å². The van der Waals surface area contributed by atoms with Crippen molar-refractivity contribution in [3.63, 3.8) is 0 Å². The minimum atomic E-state index is 0.709. The monoisotopic (exact) mass is 260 g/mol. The Morgan fingerprint density at radius 1 is 1.37 bits per heavy atom. The minimum Gasteiger partial charge on any atom is -0.490 e. The molecule has 0 unspecified atom stereocenters. The molecule has 0 aliphatic heterocycles. The number of aryl methyl sites for hydroxylation is 1. The molecular formula is C14H20N4O. The topological polar surface area (TPSA) is 52.0 Å². The van der Waals surface area contributed by atoms with Gasteiger partial charge in [0.1, 0.15) is 0 Å². The normalized spacial score (nSPS) is 10.4. The molecule has 0 bridgehead atoms. The smallest absolute Gasteiger partial charge is 0.168 e. The van der Waals surface area contributed by atoms with Crippen LogP contribution in [0.1, 0.15) is 19.0 Å². The molecule has 2 aromatic rings. The molecule has 2 heterocycles. The van der Waals surface area contributed by atoms with Crippen LogP contribution in [0.4, 0.5) is 5.82 Å². The fraction of sp³-hybridized carbons (Fsp3) is 0.429. The van der Waals surface area contributed by atoms with E-state index in [0.29, 0.717) is 6.61 Å². The van der Waals surface area contributed by atoms with Crippen LogP contribution in [0, 0.1) is 0 Å². The van der Waals surface area contributed by atoms with E-state index in [2.05, 4.69) is 22.3 Å². The molecule has 0 saturated carbocycles. The lowest BCUT2D eigenvalue weighted by Crippen LogP contribution is -2.09. The second-order valence-electron chi connectivity index (χ2n) is 4.36. The van der Waals surface area contributed by atoms with Gasteiger partial charge in [-0.05, 0) is 24.6 Å². The Labute approximate surface area is 113 Å². The highest BCUT2D eigenvalue weighted by Gasteiger charge is 2.04. The highest BCUT2D eigenvalue weighted by atomic mass is 16.5. The summed E-state index contributed by atoms with van der Waals surface area (Å²) < 4.78 is 7.46. The molecule has 2 rings (SSSR count). The molecular weight excluding hydrogens is 240 g/mol. The third-order valence-electron chi connectivity index (χ3n) is 2.67. The van der Waals surface area contributed by atoms with Gasteiger partial charge in [-0.1, -0.05) is 6.92 Å². The lowest BCUT2D eigenvalue weighted by atomic mass is 10.3. The van der Waals surface area contributed by atoms with Crippen molar-refractivity contribution in [3.8, 4) is 5.75 Å². The molecule has 0 amide bonds. The van der Waals surface area contributed by atoms with Crippen LogP contribution in [0.3, 0.4) is 0 Å². The maximum atomic E-state index is 5.65. The first kappa shape index (κ1) is 13.4. The first-order chi connectivity index (χ1) is 9.29. The Morgan fingerprint density at radius 3 is 3.00 bits per heavy atom. The molecule has 0 fully saturated rings. The lowest BCUT2D eigenvalue weighted by Gasteiger charge is -2.10. The Morgan fingerprint density at radius 2 is 2.26 bits per heavy atom. The zero-order chi connectivity index (χ0) is 13.5. The van der Waals surface area contributed by atoms with Crippen molar-refractivity contribution in [2.24, 2.45) is 7.05 Å². The van der Waals surface area contributed by atoms with Gasteiger partial charge >= 0.3 is 0 Å². The van der Waals surface area contributed by atoms with E-state index in [9.17, 15) is 0 Å². The van der Waals surface area contributed by atoms with Gasteiger partial charge in [-0.3, -0.25) is 4.68 Å². The fourth-order valence-electron chi connectivity index (χ4n) is 1.76. The second-order valence-corrected chi connectivity index (χ2v) is 4.36. The number of hydrogen-bond donors (Lipinski definition) is 1. The summed E-state index contributed by atoms with van der Waals surface area (Å²) in [7, 11) is 1.92. The predicted octanol–water partition coefficient (Wildman–Crippen LogP) is 2.26. The van der Waals surface area contributed by atoms with E-state index in [4.69, 9.17) is 4.74 Å². The van der Waals surface area contributed by atoms with Crippen LogP contribution in [0.2, 0.25) is 0 Å². The van der Waals surface area contributed by atoms with Crippen molar-refractivity contribution >= 4 is 5.82 Å². The van der Waals surface area contributed by atoms with Gasteiger partial charge in [0.05, 0.1) is 12.3 Å². The molecule has 0 aliphatic carbocycles. The largest absolute Gasteiger partial charge is 0.490 e. The molecule has 1 N–H and O–H groups in total. The van der Waals surface area contributed by atoms with Gasteiger partial charge in [-0.15, -0.1) is 0 Å². The molecule has 0 spiro atoms. The summed E-state index contributed by atoms with van der Waals surface area (Å²) >= 11 is 0. The van der Waals surface area contributed by atoms with Crippen molar-refractivity contribution in [2.75, 3.05) is 18.5 Å². The molecule has 5 nitrogen and oxygen atoms in total. The summed E-state index contributed by atoms with van der Waals surface area (Å²) in [6.07, 6.45) is 5.57. The zero-order valence-corrected chi connectivity index (χ0v) is 11.5. The van der Waals surface area contributed by atoms with Gasteiger partial charge in [0.15, 0.2) is 11.6 Å². The first-order valence-corrected chi connectivity index (χ1v) is 6.60. The van der Waals surface area contributed by atoms with Gasteiger partial charge in [0.2, 0.25) is 0 Å². The maximum Gasteiger partial charge on any atom is 0.168 e. The van der Waals surface area contributed by atoms with Crippen LogP contribution in [0.5, 0.6) is 5.75 Å². The fourth-order valence-corrected chi connectivity index (χ4v) is 1.76. The molecule has 5 heteroatoms. The predicted molar refractivity (Wildman–Crippen MR) is 75.4 cm³/mol. The van der Waals surface area contributed by atoms with Gasteiger partial charge in [-0.25, -0.2) is 4.98 Å². The average molecular weight is 260 g/mol. The van der Waals surface area contributed by atoms with Crippen molar-refractivity contribution in [1.29, 1.82) is 0 Å². The number of pyridine rings is 1. The highest BCUT2D eigenvalue weighted by molar-refractivity contribution is 5.49. The van der Waals surface area contributed by atoms with E-state index in [0.717, 1.165) is 36.6 Å². The van der Waals surface area contributed by atoms with Gasteiger partial charge < -0.3 is 10.1 Å². The molecule has 0 aromatic carbocycles. The molecule has 0 atom stereocenters. The van der Waals surface area contributed by atoms with Crippen LogP contribution in [0.15, 0.2) is 30.6 Å². The summed E-state index contributed by atoms with van der Waals surface area (Å²) in [5, 5.41) is 7.63. The van der Waals surface area contributed by atoms with E-state index in [1.807, 2.05) is 36.1 Å². The van der Waals surface area contributed by atoms with Gasteiger partial charge in [0.25, 0.3) is 0 Å². The SMILES string of the molecule is CCCOc1cccnc1NCCc1ccn(C)n1. The first-order valence-electron chi connectivity index (χ1n) is 6.60. The molecule has 2 aromatic heterocycles. The summed E-state index contributed by atoms with van der Waals surface area (Å²) in [5.41, 5.74) is 1.07. The molecule has 0 aliphatic rings. The van der Waals surface area contributed by atoms with Crippen molar-refractivity contribution in [2.45, 2.75) is 19.8 Å². The molecule has 0 saturated heterocycles. The Bertz CT molecular complexity index is 510. The van der Waals surface area contributed by atoms with Crippen LogP contribution >= 0.6 is 0 Å². The number of nitrogens with one attached hydrogen (secondary N) is 1. The standard InChI is InChI=1S/C14H20N4O/c1-3-11-19-13-5-4-8-15-14(13)16-9-6-12-7-10-18(2)17-12/h4-5,7-8,10H,3,6,9,11H2,1-2H3,(H,15,16). The minimum absolute atomic E-state index is 0.709. The van der Waals surface area contributed by atoms with Gasteiger partial charge in [-0.2, -0.15) is 5.10 Å². The average Bonchev–Trinajstić information content (AvgIpc) is 2.83. The zero-order valence-electron chi connectivity index (χ0n) is 11.5. The van der Waals surface area contributed by atoms with Crippen LogP contribution in [-0.2, 0) is 13.5 Å². The summed E-state index contributed by atoms with van der Waals surface area (Å²) in [6, 6.07) is 5.84. The van der Waals surface area contributed by atoms with E-state index < -0.39 is 0 Å². The number of anilines is 1. The van der Waals surface area contributed by atoms with E-state index in [-0.39, 0.29) is 0 Å². The molecule has 102 valence electrons. The summed E-state index contributed by atoms with van der Waals surface area (Å²) in [4.78, 5) is 4.31. The highest BCUT2D eigenvalue weighted by Crippen LogP contribution is 2.20. The lowest BCUT2D eigenvalue weighted by molar-refractivity contribution is 0.318. The van der Waals surface area contributed by atoms with Crippen LogP contribution < -0.4 is 10.1 Å². The third kappa shape index (κ3) is 3.98. The number of hydrogen-bond acceptors (Lipinski definition) is 4. The van der Waals surface area contributed by atoms with E-state index in [1.165, 1.54) is 0 Å². The number of ether oxygens (including phenoxy) is 1. The molecule has 19 heavy (non-hydrogen) atoms. The third-order valence-corrected chi connectivity index (χ3v) is 2.67. The maximum absolute atomic E-state index is 5.65. The van der Waals surface area contributed by atoms with Crippen LogP contribution in [0.25, 0.3) is 0 Å². The van der Waals surface area contributed by atoms with Crippen molar-refractivity contribution in [3.05, 3.63) is 36.3 Å². The summed E-state index contributed by atoms with van der Waals surface area (Å²) in [5.74, 6) is 1.61. The number of rotatable bonds is 7. The Balaban J connectivity index is 1.88. The quantitative estimate of drug-likeness (QED) is 0.829. The second kappa shape index (κ2) is 6.78. The Hall–Kier alpha value is -2.04. The van der Waals surface area contributed by atoms with E-state index >= 15 is 0 Å². The van der Waals surface area contributed by atoms with E-state index in [1.54, 1.807) is 6.20 Å². The number of nitrogens with zero attached hydrogens (tertiary/aromatic N) is 3. The van der Waals surface area contributed by atoms with Crippen molar-refractivity contribution < 1.29 is 4.74 Å². The van der Waals surface area contributed by atoms with Crippen molar-refractivity contribution in [1.82, 2.24) is 14.8 Å². The molecule has 0 radical (unpaired) electrons. The Kier molecular flexibility index (Phi) is 4.78. The summed E-state index contributed by atoms with van der Waals surface area (Å²) in [6.45, 7) is 3.58.